The summed E-state index contributed by atoms with van der Waals surface area (Å²) in [5, 5.41) is 1.75. The molecule has 0 atom stereocenters. The molecule has 0 bridgehead atoms. The van der Waals surface area contributed by atoms with Crippen LogP contribution in [0, 0.1) is 0 Å². The third-order valence-corrected chi connectivity index (χ3v) is 12.7. The van der Waals surface area contributed by atoms with Crippen molar-refractivity contribution in [2.45, 2.75) is 135 Å². The standard InChI is InChI=1S/C33H49P.C6H6/c1-23(2)26-21-30(24(3)4)33(31(22-26)25(5)6)29-19-13-14-20-32(29)34(27-15-9-7-10-16-27)28-17-11-8-12-18-28;1-2-4-6-5-3-1/h13-14,19-25,27-28H,7-12,15-18H2,1-6H3;1-6H. The van der Waals surface area contributed by atoms with Gasteiger partial charge in [-0.1, -0.05) is 161 Å². The fourth-order valence-electron chi connectivity index (χ4n) is 6.97. The number of hydrogen-bond donors (Lipinski definition) is 0. The van der Waals surface area contributed by atoms with E-state index in [1.807, 2.05) is 36.4 Å². The molecule has 0 saturated heterocycles. The maximum Gasteiger partial charge on any atom is -0.0101 e. The van der Waals surface area contributed by atoms with Crippen molar-refractivity contribution in [2.24, 2.45) is 0 Å². The molecule has 2 aliphatic rings. The minimum atomic E-state index is -0.120. The largest absolute Gasteiger partial charge is 0.0683 e. The van der Waals surface area contributed by atoms with Gasteiger partial charge in [-0.15, -0.1) is 0 Å². The highest BCUT2D eigenvalue weighted by molar-refractivity contribution is 7.67. The van der Waals surface area contributed by atoms with E-state index >= 15 is 0 Å². The Hall–Kier alpha value is -1.91. The van der Waals surface area contributed by atoms with Crippen LogP contribution in [0.4, 0.5) is 0 Å². The van der Waals surface area contributed by atoms with Crippen LogP contribution in [-0.4, -0.2) is 11.3 Å². The second-order valence-electron chi connectivity index (χ2n) is 13.2. The topological polar surface area (TPSA) is 0 Å². The highest BCUT2D eigenvalue weighted by atomic mass is 31.1. The first-order valence-electron chi connectivity index (χ1n) is 16.4. The van der Waals surface area contributed by atoms with E-state index in [0.717, 1.165) is 11.3 Å². The fourth-order valence-corrected chi connectivity index (χ4v) is 10.9. The summed E-state index contributed by atoms with van der Waals surface area (Å²) in [5.41, 5.74) is 9.71. The lowest BCUT2D eigenvalue weighted by molar-refractivity contribution is 0.487. The molecule has 5 rings (SSSR count). The predicted molar refractivity (Wildman–Crippen MR) is 181 cm³/mol. The van der Waals surface area contributed by atoms with E-state index < -0.39 is 0 Å². The SMILES string of the molecule is CC(C)c1cc(C(C)C)c(-c2ccccc2P(C2CCCCC2)C2CCCCC2)c(C(C)C)c1.c1ccccc1. The average molecular weight is 555 g/mol. The third-order valence-electron chi connectivity index (χ3n) is 9.19. The molecule has 0 spiro atoms. The van der Waals surface area contributed by atoms with Crippen LogP contribution >= 0.6 is 7.92 Å². The molecular formula is C39H55P. The highest BCUT2D eigenvalue weighted by Gasteiger charge is 2.34. The molecule has 3 aromatic rings. The van der Waals surface area contributed by atoms with E-state index in [2.05, 4.69) is 77.9 Å². The quantitative estimate of drug-likeness (QED) is 0.255. The Morgan fingerprint density at radius 3 is 1.35 bits per heavy atom. The van der Waals surface area contributed by atoms with Crippen molar-refractivity contribution in [3.8, 4) is 11.1 Å². The summed E-state index contributed by atoms with van der Waals surface area (Å²) >= 11 is 0. The first-order chi connectivity index (χ1) is 19.4. The smallest absolute Gasteiger partial charge is 0.0101 e. The van der Waals surface area contributed by atoms with Gasteiger partial charge in [0.25, 0.3) is 0 Å². The number of benzene rings is 3. The van der Waals surface area contributed by atoms with Gasteiger partial charge in [0.15, 0.2) is 0 Å². The average Bonchev–Trinajstić information content (AvgIpc) is 2.99. The molecule has 0 aromatic heterocycles. The summed E-state index contributed by atoms with van der Waals surface area (Å²) in [5.74, 6) is 1.64. The lowest BCUT2D eigenvalue weighted by Gasteiger charge is -2.40. The molecule has 216 valence electrons. The molecule has 0 N–H and O–H groups in total. The van der Waals surface area contributed by atoms with Crippen LogP contribution in [0.25, 0.3) is 11.1 Å². The second kappa shape index (κ2) is 15.4. The molecule has 2 aliphatic carbocycles. The Morgan fingerprint density at radius 2 is 0.950 bits per heavy atom. The van der Waals surface area contributed by atoms with Crippen LogP contribution < -0.4 is 5.30 Å². The first kappa shape index (κ1) is 31.0. The van der Waals surface area contributed by atoms with Gasteiger partial charge in [0.2, 0.25) is 0 Å². The summed E-state index contributed by atoms with van der Waals surface area (Å²) in [4.78, 5) is 0. The van der Waals surface area contributed by atoms with E-state index in [4.69, 9.17) is 0 Å². The van der Waals surface area contributed by atoms with Crippen LogP contribution in [0.5, 0.6) is 0 Å². The van der Waals surface area contributed by atoms with E-state index in [9.17, 15) is 0 Å². The molecule has 3 aromatic carbocycles. The fraction of sp³-hybridized carbons (Fsp3) is 0.538. The van der Waals surface area contributed by atoms with Gasteiger partial charge in [-0.2, -0.15) is 0 Å². The molecule has 1 heteroatoms. The Bertz CT molecular complexity index is 1070. The summed E-state index contributed by atoms with van der Waals surface area (Å²) < 4.78 is 0. The first-order valence-corrected chi connectivity index (χ1v) is 17.9. The number of rotatable bonds is 7. The molecule has 0 radical (unpaired) electrons. The molecule has 0 unspecified atom stereocenters. The van der Waals surface area contributed by atoms with Gasteiger partial charge in [-0.05, 0) is 87.9 Å². The molecule has 0 amide bonds. The Labute approximate surface area is 248 Å². The van der Waals surface area contributed by atoms with E-state index in [1.54, 1.807) is 27.6 Å². The summed E-state index contributed by atoms with van der Waals surface area (Å²) in [6.07, 6.45) is 14.6. The van der Waals surface area contributed by atoms with Gasteiger partial charge in [0, 0.05) is 0 Å². The van der Waals surface area contributed by atoms with Crippen LogP contribution in [0.3, 0.4) is 0 Å². The van der Waals surface area contributed by atoms with E-state index in [-0.39, 0.29) is 7.92 Å². The van der Waals surface area contributed by atoms with Crippen molar-refractivity contribution >= 4 is 13.2 Å². The molecular weight excluding hydrogens is 499 g/mol. The molecule has 0 aliphatic heterocycles. The third kappa shape index (κ3) is 7.88. The van der Waals surface area contributed by atoms with Crippen molar-refractivity contribution in [3.05, 3.63) is 89.5 Å². The Kier molecular flexibility index (Phi) is 11.9. The summed E-state index contributed by atoms with van der Waals surface area (Å²) in [7, 11) is -0.120. The van der Waals surface area contributed by atoms with E-state index in [0.29, 0.717) is 17.8 Å². The van der Waals surface area contributed by atoms with Crippen molar-refractivity contribution in [2.75, 3.05) is 0 Å². The lowest BCUT2D eigenvalue weighted by Crippen LogP contribution is -2.27. The van der Waals surface area contributed by atoms with Crippen molar-refractivity contribution in [3.63, 3.8) is 0 Å². The highest BCUT2D eigenvalue weighted by Crippen LogP contribution is 2.56. The van der Waals surface area contributed by atoms with Gasteiger partial charge < -0.3 is 0 Å². The van der Waals surface area contributed by atoms with Gasteiger partial charge >= 0.3 is 0 Å². The Balaban J connectivity index is 0.000000546. The van der Waals surface area contributed by atoms with Crippen molar-refractivity contribution < 1.29 is 0 Å². The van der Waals surface area contributed by atoms with Gasteiger partial charge in [-0.25, -0.2) is 0 Å². The minimum Gasteiger partial charge on any atom is -0.0683 e. The summed E-state index contributed by atoms with van der Waals surface area (Å²) in [6.45, 7) is 14.3. The molecule has 2 saturated carbocycles. The zero-order valence-corrected chi connectivity index (χ0v) is 27.2. The number of hydrogen-bond acceptors (Lipinski definition) is 0. The maximum atomic E-state index is 2.56. The maximum absolute atomic E-state index is 2.56. The van der Waals surface area contributed by atoms with Crippen LogP contribution in [0.1, 0.15) is 140 Å². The molecule has 40 heavy (non-hydrogen) atoms. The summed E-state index contributed by atoms with van der Waals surface area (Å²) in [6, 6.07) is 26.8. The molecule has 0 heterocycles. The van der Waals surface area contributed by atoms with Crippen molar-refractivity contribution in [1.82, 2.24) is 0 Å². The zero-order valence-electron chi connectivity index (χ0n) is 26.3. The van der Waals surface area contributed by atoms with Crippen LogP contribution in [-0.2, 0) is 0 Å². The van der Waals surface area contributed by atoms with Crippen LogP contribution in [0.15, 0.2) is 72.8 Å². The lowest BCUT2D eigenvalue weighted by atomic mass is 9.82. The van der Waals surface area contributed by atoms with Crippen LogP contribution in [0.2, 0.25) is 0 Å². The minimum absolute atomic E-state index is 0.120. The molecule has 2 fully saturated rings. The second-order valence-corrected chi connectivity index (χ2v) is 16.0. The van der Waals surface area contributed by atoms with Gasteiger partial charge in [0.1, 0.15) is 0 Å². The monoisotopic (exact) mass is 554 g/mol. The predicted octanol–water partition coefficient (Wildman–Crippen LogP) is 12.2. The van der Waals surface area contributed by atoms with E-state index in [1.165, 1.54) is 69.8 Å². The Morgan fingerprint density at radius 1 is 0.525 bits per heavy atom. The van der Waals surface area contributed by atoms with Gasteiger partial charge in [0.05, 0.1) is 0 Å². The van der Waals surface area contributed by atoms with Gasteiger partial charge in [-0.3, -0.25) is 0 Å². The van der Waals surface area contributed by atoms with Crippen molar-refractivity contribution in [1.29, 1.82) is 0 Å². The molecule has 0 nitrogen and oxygen atoms in total. The normalized spacial score (nSPS) is 16.9. The zero-order chi connectivity index (χ0) is 28.5.